The summed E-state index contributed by atoms with van der Waals surface area (Å²) in [5, 5.41) is 10.3. The molecule has 2 aromatic heterocycles. The maximum absolute atomic E-state index is 13.2. The smallest absolute Gasteiger partial charge is 0.226 e. The van der Waals surface area contributed by atoms with Gasteiger partial charge in [0.15, 0.2) is 0 Å². The average Bonchev–Trinajstić information content (AvgIpc) is 3.41. The number of nitrogens with one attached hydrogen (secondary N) is 1. The van der Waals surface area contributed by atoms with E-state index in [9.17, 15) is 9.18 Å². The van der Waals surface area contributed by atoms with Crippen molar-refractivity contribution in [3.8, 4) is 5.69 Å². The Bertz CT molecular complexity index is 969. The second-order valence-electron chi connectivity index (χ2n) is 6.89. The van der Waals surface area contributed by atoms with Crippen LogP contribution in [0.1, 0.15) is 41.9 Å². The van der Waals surface area contributed by atoms with E-state index in [1.807, 2.05) is 25.3 Å². The zero-order chi connectivity index (χ0) is 19.7. The van der Waals surface area contributed by atoms with Crippen molar-refractivity contribution >= 4 is 17.2 Å². The number of amides is 1. The zero-order valence-electron chi connectivity index (χ0n) is 15.6. The van der Waals surface area contributed by atoms with Gasteiger partial charge in [0.1, 0.15) is 16.9 Å². The predicted molar refractivity (Wildman–Crippen MR) is 104 cm³/mol. The zero-order valence-corrected chi connectivity index (χ0v) is 16.4. The Morgan fingerprint density at radius 3 is 2.86 bits per heavy atom. The maximum atomic E-state index is 13.2. The molecule has 3 aromatic rings. The topological polar surface area (TPSA) is 69.0 Å². The van der Waals surface area contributed by atoms with Crippen molar-refractivity contribution in [2.24, 2.45) is 5.92 Å². The molecule has 8 heteroatoms. The first-order chi connectivity index (χ1) is 13.5. The lowest BCUT2D eigenvalue weighted by molar-refractivity contribution is -0.127. The number of carbonyl (C=O) groups is 1. The average molecular weight is 400 g/mol. The lowest BCUT2D eigenvalue weighted by Crippen LogP contribution is -2.34. The van der Waals surface area contributed by atoms with Gasteiger partial charge in [-0.3, -0.25) is 4.79 Å². The molecule has 0 aliphatic carbocycles. The Hall–Kier alpha value is -2.58. The van der Waals surface area contributed by atoms with Crippen LogP contribution < -0.4 is 5.32 Å². The van der Waals surface area contributed by atoms with E-state index in [4.69, 9.17) is 4.74 Å². The van der Waals surface area contributed by atoms with Crippen LogP contribution in [0.3, 0.4) is 0 Å². The Kier molecular flexibility index (Phi) is 5.23. The van der Waals surface area contributed by atoms with Crippen molar-refractivity contribution in [3.05, 3.63) is 64.1 Å². The van der Waals surface area contributed by atoms with Crippen LogP contribution >= 0.6 is 11.3 Å². The summed E-state index contributed by atoms with van der Waals surface area (Å²) in [6.07, 6.45) is 1.89. The fourth-order valence-electron chi connectivity index (χ4n) is 3.43. The van der Waals surface area contributed by atoms with Crippen LogP contribution in [-0.2, 0) is 9.53 Å². The molecule has 1 N–H and O–H groups in total. The first-order valence-electron chi connectivity index (χ1n) is 9.17. The van der Waals surface area contributed by atoms with Crippen LogP contribution in [0.4, 0.5) is 4.39 Å². The van der Waals surface area contributed by atoms with Gasteiger partial charge in [-0.25, -0.2) is 14.1 Å². The number of ether oxygens (including phenoxy) is 1. The van der Waals surface area contributed by atoms with Crippen LogP contribution in [0.25, 0.3) is 5.69 Å². The summed E-state index contributed by atoms with van der Waals surface area (Å²) >= 11 is 1.54. The first kappa shape index (κ1) is 18.8. The van der Waals surface area contributed by atoms with E-state index in [2.05, 4.69) is 15.4 Å². The third-order valence-electron chi connectivity index (χ3n) is 4.83. The highest BCUT2D eigenvalue weighted by Gasteiger charge is 2.38. The molecule has 1 aromatic carbocycles. The lowest BCUT2D eigenvalue weighted by Gasteiger charge is -2.21. The third-order valence-corrected chi connectivity index (χ3v) is 5.97. The Balaban J connectivity index is 1.53. The van der Waals surface area contributed by atoms with E-state index >= 15 is 0 Å². The van der Waals surface area contributed by atoms with Gasteiger partial charge in [-0.05, 0) is 50.6 Å². The molecule has 4 rings (SSSR count). The van der Waals surface area contributed by atoms with E-state index in [-0.39, 0.29) is 23.7 Å². The molecule has 0 radical (unpaired) electrons. The molecule has 1 aliphatic heterocycles. The summed E-state index contributed by atoms with van der Waals surface area (Å²) in [5.41, 5.74) is 2.45. The van der Waals surface area contributed by atoms with E-state index < -0.39 is 6.10 Å². The SMILES string of the molecule is Cc1csc([C@H](C)NC(=O)[C@H]2CCO[C@@H]2c2ccnn2-c2ccc(F)cc2)n1. The molecule has 6 nitrogen and oxygen atoms in total. The van der Waals surface area contributed by atoms with Gasteiger partial charge < -0.3 is 10.1 Å². The minimum absolute atomic E-state index is 0.0605. The molecular weight excluding hydrogens is 379 g/mol. The summed E-state index contributed by atoms with van der Waals surface area (Å²) in [7, 11) is 0. The van der Waals surface area contributed by atoms with E-state index in [0.29, 0.717) is 13.0 Å². The highest BCUT2D eigenvalue weighted by atomic mass is 32.1. The molecule has 0 bridgehead atoms. The highest BCUT2D eigenvalue weighted by Crippen LogP contribution is 2.36. The number of rotatable bonds is 5. The van der Waals surface area contributed by atoms with Crippen molar-refractivity contribution in [1.82, 2.24) is 20.1 Å². The molecular formula is C20H21FN4O2S. The van der Waals surface area contributed by atoms with Crippen molar-refractivity contribution in [1.29, 1.82) is 0 Å². The van der Waals surface area contributed by atoms with Crippen molar-refractivity contribution in [3.63, 3.8) is 0 Å². The summed E-state index contributed by atoms with van der Waals surface area (Å²) in [5.74, 6) is -0.688. The third kappa shape index (κ3) is 3.70. The van der Waals surface area contributed by atoms with Gasteiger partial charge in [-0.1, -0.05) is 0 Å². The summed E-state index contributed by atoms with van der Waals surface area (Å²) in [4.78, 5) is 17.4. The second-order valence-corrected chi connectivity index (χ2v) is 7.78. The number of halogens is 1. The molecule has 1 amide bonds. The van der Waals surface area contributed by atoms with E-state index in [0.717, 1.165) is 22.1 Å². The lowest BCUT2D eigenvalue weighted by atomic mass is 9.97. The van der Waals surface area contributed by atoms with Crippen LogP contribution in [0.2, 0.25) is 0 Å². The molecule has 3 heterocycles. The van der Waals surface area contributed by atoms with Crippen molar-refractivity contribution in [2.45, 2.75) is 32.4 Å². The van der Waals surface area contributed by atoms with Crippen LogP contribution in [0, 0.1) is 18.7 Å². The van der Waals surface area contributed by atoms with Gasteiger partial charge in [-0.15, -0.1) is 11.3 Å². The minimum Gasteiger partial charge on any atom is -0.371 e. The summed E-state index contributed by atoms with van der Waals surface area (Å²) in [6.45, 7) is 4.37. The molecule has 28 heavy (non-hydrogen) atoms. The maximum Gasteiger partial charge on any atom is 0.226 e. The Labute approximate surface area is 166 Å². The van der Waals surface area contributed by atoms with Gasteiger partial charge in [0.25, 0.3) is 0 Å². The molecule has 0 spiro atoms. The molecule has 1 fully saturated rings. The first-order valence-corrected chi connectivity index (χ1v) is 10.0. The highest BCUT2D eigenvalue weighted by molar-refractivity contribution is 7.09. The van der Waals surface area contributed by atoms with Crippen LogP contribution in [0.5, 0.6) is 0 Å². The quantitative estimate of drug-likeness (QED) is 0.709. The van der Waals surface area contributed by atoms with Crippen LogP contribution in [0.15, 0.2) is 41.9 Å². The standard InChI is InChI=1S/C20H21FN4O2S/c1-12-11-28-20(23-12)13(2)24-19(26)16-8-10-27-18(16)17-7-9-22-25(17)15-5-3-14(21)4-6-15/h3-7,9,11,13,16,18H,8,10H2,1-2H3,(H,24,26)/t13-,16-,18-/m0/s1. The van der Waals surface area contributed by atoms with Crippen molar-refractivity contribution < 1.29 is 13.9 Å². The fourth-order valence-corrected chi connectivity index (χ4v) is 4.23. The molecule has 0 saturated carbocycles. The fraction of sp³-hybridized carbons (Fsp3) is 0.350. The van der Waals surface area contributed by atoms with Gasteiger partial charge in [0, 0.05) is 23.9 Å². The molecule has 0 unspecified atom stereocenters. The van der Waals surface area contributed by atoms with Gasteiger partial charge in [0.05, 0.1) is 23.3 Å². The number of thiazole rings is 1. The van der Waals surface area contributed by atoms with E-state index in [1.165, 1.54) is 23.5 Å². The molecule has 1 aliphatic rings. The normalized spacial score (nSPS) is 20.2. The monoisotopic (exact) mass is 400 g/mol. The number of nitrogens with zero attached hydrogens (tertiary/aromatic N) is 3. The predicted octanol–water partition coefficient (Wildman–Crippen LogP) is 3.73. The Morgan fingerprint density at radius 1 is 1.36 bits per heavy atom. The number of hydrogen-bond donors (Lipinski definition) is 1. The van der Waals surface area contributed by atoms with Crippen molar-refractivity contribution in [2.75, 3.05) is 6.61 Å². The number of carbonyl (C=O) groups excluding carboxylic acids is 1. The number of benzene rings is 1. The second kappa shape index (κ2) is 7.81. The van der Waals surface area contributed by atoms with Gasteiger partial charge >= 0.3 is 0 Å². The number of aromatic nitrogens is 3. The molecule has 3 atom stereocenters. The molecule has 146 valence electrons. The van der Waals surface area contributed by atoms with Gasteiger partial charge in [-0.2, -0.15) is 5.10 Å². The summed E-state index contributed by atoms with van der Waals surface area (Å²) in [6, 6.07) is 7.77. The molecule has 1 saturated heterocycles. The minimum atomic E-state index is -0.405. The number of aryl methyl sites for hydroxylation is 1. The van der Waals surface area contributed by atoms with E-state index in [1.54, 1.807) is 23.0 Å². The largest absolute Gasteiger partial charge is 0.371 e. The van der Waals surface area contributed by atoms with Gasteiger partial charge in [0.2, 0.25) is 5.91 Å². The van der Waals surface area contributed by atoms with Crippen LogP contribution in [-0.4, -0.2) is 27.3 Å². The number of hydrogen-bond acceptors (Lipinski definition) is 5. The summed E-state index contributed by atoms with van der Waals surface area (Å²) < 4.78 is 20.8. The Morgan fingerprint density at radius 2 is 2.14 bits per heavy atom.